The molecule has 2 atom stereocenters. The van der Waals surface area contributed by atoms with E-state index in [4.69, 9.17) is 11.5 Å². The Morgan fingerprint density at radius 1 is 1.56 bits per heavy atom. The van der Waals surface area contributed by atoms with Gasteiger partial charge in [-0.1, -0.05) is 28.1 Å². The monoisotopic (exact) mass is 285 g/mol. The maximum Gasteiger partial charge on any atom is 0.235 e. The molecule has 1 aromatic rings. The van der Waals surface area contributed by atoms with Gasteiger partial charge in [-0.3, -0.25) is 4.79 Å². The van der Waals surface area contributed by atoms with Crippen LogP contribution in [0.15, 0.2) is 28.7 Å². The molecular formula is C11H16BrN3O. The van der Waals surface area contributed by atoms with Crippen molar-refractivity contribution >= 4 is 21.8 Å². The van der Waals surface area contributed by atoms with Crippen LogP contribution in [0.3, 0.4) is 0 Å². The molecule has 0 aliphatic rings. The third kappa shape index (κ3) is 3.92. The summed E-state index contributed by atoms with van der Waals surface area (Å²) >= 11 is 3.41. The number of amides is 1. The first-order chi connectivity index (χ1) is 7.50. The normalized spacial score (nSPS) is 14.4. The first-order valence-electron chi connectivity index (χ1n) is 5.04. The highest BCUT2D eigenvalue weighted by Gasteiger charge is 2.11. The zero-order valence-electron chi connectivity index (χ0n) is 9.11. The van der Waals surface area contributed by atoms with Crippen molar-refractivity contribution in [2.24, 2.45) is 11.5 Å². The summed E-state index contributed by atoms with van der Waals surface area (Å²) in [5.41, 5.74) is 11.7. The first kappa shape index (κ1) is 13.2. The zero-order chi connectivity index (χ0) is 12.1. The fourth-order valence-electron chi connectivity index (χ4n) is 1.30. The fourth-order valence-corrected chi connectivity index (χ4v) is 1.72. The molecule has 5 heteroatoms. The maximum absolute atomic E-state index is 10.8. The molecule has 5 N–H and O–H groups in total. The Morgan fingerprint density at radius 3 is 2.81 bits per heavy atom. The van der Waals surface area contributed by atoms with Crippen LogP contribution in [0.5, 0.6) is 0 Å². The highest BCUT2D eigenvalue weighted by Crippen LogP contribution is 2.17. The van der Waals surface area contributed by atoms with Crippen molar-refractivity contribution in [3.63, 3.8) is 0 Å². The van der Waals surface area contributed by atoms with Gasteiger partial charge in [0.15, 0.2) is 0 Å². The van der Waals surface area contributed by atoms with Crippen molar-refractivity contribution in [2.45, 2.75) is 19.0 Å². The summed E-state index contributed by atoms with van der Waals surface area (Å²) < 4.78 is 1.03. The number of nitrogens with two attached hydrogens (primary N) is 2. The van der Waals surface area contributed by atoms with E-state index in [1.54, 1.807) is 0 Å². The van der Waals surface area contributed by atoms with Crippen molar-refractivity contribution in [3.05, 3.63) is 34.3 Å². The molecule has 0 radical (unpaired) electrons. The Hall–Kier alpha value is -0.910. The van der Waals surface area contributed by atoms with E-state index >= 15 is 0 Å². The Morgan fingerprint density at radius 2 is 2.25 bits per heavy atom. The number of carbonyl (C=O) groups excluding carboxylic acids is 1. The third-order valence-electron chi connectivity index (χ3n) is 2.36. The lowest BCUT2D eigenvalue weighted by Gasteiger charge is -2.16. The van der Waals surface area contributed by atoms with Gasteiger partial charge in [-0.2, -0.15) is 0 Å². The van der Waals surface area contributed by atoms with E-state index in [0.717, 1.165) is 10.0 Å². The van der Waals surface area contributed by atoms with Gasteiger partial charge in [0.05, 0.1) is 6.04 Å². The van der Waals surface area contributed by atoms with Crippen LogP contribution in [0.1, 0.15) is 18.5 Å². The molecule has 1 amide bonds. The predicted octanol–water partition coefficient (Wildman–Crippen LogP) is 0.912. The largest absolute Gasteiger partial charge is 0.368 e. The molecule has 0 aliphatic heterocycles. The van der Waals surface area contributed by atoms with Gasteiger partial charge in [-0.25, -0.2) is 0 Å². The van der Waals surface area contributed by atoms with Crippen LogP contribution in [0.25, 0.3) is 0 Å². The van der Waals surface area contributed by atoms with Gasteiger partial charge in [0.1, 0.15) is 0 Å². The van der Waals surface area contributed by atoms with E-state index in [1.165, 1.54) is 0 Å². The van der Waals surface area contributed by atoms with Gasteiger partial charge < -0.3 is 16.8 Å². The lowest BCUT2D eigenvalue weighted by Crippen LogP contribution is -2.44. The lowest BCUT2D eigenvalue weighted by molar-refractivity contribution is -0.119. The molecular weight excluding hydrogens is 270 g/mol. The van der Waals surface area contributed by atoms with Crippen molar-refractivity contribution < 1.29 is 4.79 Å². The van der Waals surface area contributed by atoms with E-state index in [-0.39, 0.29) is 6.04 Å². The van der Waals surface area contributed by atoms with Crippen LogP contribution in [0, 0.1) is 0 Å². The molecule has 88 valence electrons. The number of nitrogens with one attached hydrogen (secondary N) is 1. The highest BCUT2D eigenvalue weighted by molar-refractivity contribution is 9.10. The molecule has 0 heterocycles. The van der Waals surface area contributed by atoms with Gasteiger partial charge in [-0.15, -0.1) is 0 Å². The minimum Gasteiger partial charge on any atom is -0.368 e. The summed E-state index contributed by atoms with van der Waals surface area (Å²) in [7, 11) is 0. The van der Waals surface area contributed by atoms with Crippen molar-refractivity contribution in [1.82, 2.24) is 5.32 Å². The van der Waals surface area contributed by atoms with E-state index < -0.39 is 11.9 Å². The van der Waals surface area contributed by atoms with Crippen LogP contribution < -0.4 is 16.8 Å². The molecule has 0 aliphatic carbocycles. The number of hydrogen-bond donors (Lipinski definition) is 3. The van der Waals surface area contributed by atoms with Gasteiger partial charge >= 0.3 is 0 Å². The Bertz CT molecular complexity index is 370. The molecule has 0 saturated heterocycles. The summed E-state index contributed by atoms with van der Waals surface area (Å²) in [4.78, 5) is 10.8. The Kier molecular flexibility index (Phi) is 4.92. The molecule has 4 nitrogen and oxygen atoms in total. The minimum atomic E-state index is -0.644. The molecule has 0 fully saturated rings. The van der Waals surface area contributed by atoms with Gasteiger partial charge in [0, 0.05) is 17.1 Å². The molecule has 0 aromatic heterocycles. The number of carbonyl (C=O) groups is 1. The molecule has 1 rings (SSSR count). The van der Waals surface area contributed by atoms with Crippen LogP contribution in [0.4, 0.5) is 0 Å². The molecule has 0 bridgehead atoms. The molecule has 0 spiro atoms. The molecule has 16 heavy (non-hydrogen) atoms. The van der Waals surface area contributed by atoms with Crippen LogP contribution in [-0.4, -0.2) is 18.5 Å². The number of rotatable bonds is 5. The average molecular weight is 286 g/mol. The second-order valence-electron chi connectivity index (χ2n) is 3.69. The smallest absolute Gasteiger partial charge is 0.235 e. The summed E-state index contributed by atoms with van der Waals surface area (Å²) in [5, 5.41) is 3.16. The second kappa shape index (κ2) is 5.98. The van der Waals surface area contributed by atoms with Crippen molar-refractivity contribution in [2.75, 3.05) is 6.54 Å². The number of hydrogen-bond acceptors (Lipinski definition) is 3. The summed E-state index contributed by atoms with van der Waals surface area (Å²) in [6.45, 7) is 2.39. The zero-order valence-corrected chi connectivity index (χ0v) is 10.7. The number of halogens is 1. The topological polar surface area (TPSA) is 81.1 Å². The predicted molar refractivity (Wildman–Crippen MR) is 67.7 cm³/mol. The fraction of sp³-hybridized carbons (Fsp3) is 0.364. The van der Waals surface area contributed by atoms with E-state index in [2.05, 4.69) is 21.2 Å². The minimum absolute atomic E-state index is 0.128. The van der Waals surface area contributed by atoms with Gasteiger partial charge in [0.25, 0.3) is 0 Å². The third-order valence-corrected chi connectivity index (χ3v) is 2.85. The van der Waals surface area contributed by atoms with Gasteiger partial charge in [-0.05, 0) is 24.6 Å². The Balaban J connectivity index is 2.52. The van der Waals surface area contributed by atoms with Crippen molar-refractivity contribution in [3.8, 4) is 0 Å². The molecule has 1 unspecified atom stereocenters. The highest BCUT2D eigenvalue weighted by atomic mass is 79.9. The van der Waals surface area contributed by atoms with E-state index in [9.17, 15) is 4.79 Å². The molecule has 0 saturated carbocycles. The van der Waals surface area contributed by atoms with Gasteiger partial charge in [0.2, 0.25) is 5.91 Å². The quantitative estimate of drug-likeness (QED) is 0.752. The van der Waals surface area contributed by atoms with Crippen LogP contribution in [0.2, 0.25) is 0 Å². The summed E-state index contributed by atoms with van der Waals surface area (Å²) in [6, 6.07) is 7.44. The first-order valence-corrected chi connectivity index (χ1v) is 5.83. The SMILES string of the molecule is C[C@@H](NCC(N)C(N)=O)c1cccc(Br)c1. The number of primary amides is 1. The standard InChI is InChI=1S/C11H16BrN3O/c1-7(15-6-10(13)11(14)16)8-3-2-4-9(12)5-8/h2-5,7,10,15H,6,13H2,1H3,(H2,14,16)/t7-,10?/m1/s1. The van der Waals surface area contributed by atoms with Crippen LogP contribution in [-0.2, 0) is 4.79 Å². The second-order valence-corrected chi connectivity index (χ2v) is 4.61. The lowest BCUT2D eigenvalue weighted by atomic mass is 10.1. The summed E-state index contributed by atoms with van der Waals surface area (Å²) in [5.74, 6) is -0.492. The van der Waals surface area contributed by atoms with Crippen LogP contribution >= 0.6 is 15.9 Å². The molecule has 1 aromatic carbocycles. The van der Waals surface area contributed by atoms with E-state index in [0.29, 0.717) is 6.54 Å². The maximum atomic E-state index is 10.8. The Labute approximate surface area is 104 Å². The van der Waals surface area contributed by atoms with Crippen molar-refractivity contribution in [1.29, 1.82) is 0 Å². The van der Waals surface area contributed by atoms with E-state index in [1.807, 2.05) is 31.2 Å². The average Bonchev–Trinajstić information content (AvgIpc) is 2.25. The number of benzene rings is 1. The summed E-state index contributed by atoms with van der Waals surface area (Å²) in [6.07, 6.45) is 0.